The van der Waals surface area contributed by atoms with E-state index in [2.05, 4.69) is 5.10 Å². The van der Waals surface area contributed by atoms with E-state index in [1.54, 1.807) is 47.1 Å². The van der Waals surface area contributed by atoms with Gasteiger partial charge in [0.2, 0.25) is 0 Å². The van der Waals surface area contributed by atoms with Gasteiger partial charge in [0.25, 0.3) is 0 Å². The first-order chi connectivity index (χ1) is 16.8. The molecule has 0 aliphatic heterocycles. The average Bonchev–Trinajstić information content (AvgIpc) is 3.19. The van der Waals surface area contributed by atoms with Crippen LogP contribution in [0, 0.1) is 0 Å². The molecule has 0 spiro atoms. The minimum Gasteiger partial charge on any atom is -0.457 e. The van der Waals surface area contributed by atoms with Gasteiger partial charge < -0.3 is 4.74 Å². The quantitative estimate of drug-likeness (QED) is 0.235. The van der Waals surface area contributed by atoms with Crippen LogP contribution < -0.4 is 4.74 Å². The molecule has 3 nitrogen and oxygen atoms in total. The van der Waals surface area contributed by atoms with Gasteiger partial charge >= 0.3 is 6.18 Å². The monoisotopic (exact) mass is 512 g/mol. The first kappa shape index (κ1) is 23.3. The lowest BCUT2D eigenvalue weighted by Crippen LogP contribution is -2.06. The van der Waals surface area contributed by atoms with Crippen LogP contribution in [0.15, 0.2) is 91.0 Å². The second-order valence-electron chi connectivity index (χ2n) is 7.90. The summed E-state index contributed by atoms with van der Waals surface area (Å²) >= 11 is 12.1. The van der Waals surface area contributed by atoms with Crippen LogP contribution in [-0.2, 0) is 12.7 Å². The summed E-state index contributed by atoms with van der Waals surface area (Å²) in [5.41, 5.74) is 1.28. The van der Waals surface area contributed by atoms with Crippen molar-refractivity contribution < 1.29 is 17.9 Å². The second kappa shape index (κ2) is 9.29. The maximum atomic E-state index is 13.8. The van der Waals surface area contributed by atoms with Crippen LogP contribution in [0.4, 0.5) is 13.2 Å². The van der Waals surface area contributed by atoms with E-state index in [0.29, 0.717) is 44.7 Å². The number of rotatable bonds is 5. The third kappa shape index (κ3) is 4.85. The van der Waals surface area contributed by atoms with E-state index in [9.17, 15) is 13.2 Å². The molecule has 0 unspecified atom stereocenters. The summed E-state index contributed by atoms with van der Waals surface area (Å²) in [7, 11) is 0. The number of benzene rings is 4. The Kier molecular flexibility index (Phi) is 6.17. The summed E-state index contributed by atoms with van der Waals surface area (Å²) < 4.78 is 48.9. The molecule has 0 fully saturated rings. The highest BCUT2D eigenvalue weighted by Gasteiger charge is 2.34. The number of alkyl halides is 3. The third-order valence-electron chi connectivity index (χ3n) is 5.48. The molecule has 0 atom stereocenters. The molecule has 5 aromatic rings. The van der Waals surface area contributed by atoms with Crippen molar-refractivity contribution in [2.75, 3.05) is 0 Å². The summed E-state index contributed by atoms with van der Waals surface area (Å²) in [5.74, 6) is 0.979. The number of halogens is 5. The van der Waals surface area contributed by atoms with Crippen molar-refractivity contribution in [3.8, 4) is 22.8 Å². The van der Waals surface area contributed by atoms with Gasteiger partial charge in [-0.1, -0.05) is 77.8 Å². The SMILES string of the molecule is FC(F)(F)c1cccc2c(-c3cccc(Oc4ccc(Cl)c(Cl)c4)c3)n(Cc3ccccc3)nc12. The van der Waals surface area contributed by atoms with Crippen LogP contribution >= 0.6 is 23.2 Å². The zero-order chi connectivity index (χ0) is 24.6. The third-order valence-corrected chi connectivity index (χ3v) is 6.22. The molecule has 0 saturated carbocycles. The van der Waals surface area contributed by atoms with E-state index >= 15 is 0 Å². The Labute approximate surface area is 209 Å². The lowest BCUT2D eigenvalue weighted by molar-refractivity contribution is -0.136. The predicted octanol–water partition coefficient (Wildman–Crippen LogP) is 8.87. The van der Waals surface area contributed by atoms with Crippen molar-refractivity contribution in [3.63, 3.8) is 0 Å². The number of hydrogen-bond donors (Lipinski definition) is 0. The van der Waals surface area contributed by atoms with E-state index < -0.39 is 11.7 Å². The van der Waals surface area contributed by atoms with Gasteiger partial charge in [0.05, 0.1) is 27.8 Å². The van der Waals surface area contributed by atoms with E-state index in [-0.39, 0.29) is 5.52 Å². The maximum absolute atomic E-state index is 13.8. The Morgan fingerprint density at radius 1 is 0.771 bits per heavy atom. The van der Waals surface area contributed by atoms with Crippen molar-refractivity contribution in [2.45, 2.75) is 12.7 Å². The molecule has 0 aliphatic carbocycles. The standard InChI is InChI=1S/C27H17Cl2F3N2O/c28-23-13-12-20(15-24(23)29)35-19-9-4-8-18(14-19)26-21-10-5-11-22(27(30,31)32)25(21)33-34(26)16-17-6-2-1-3-7-17/h1-15H,16H2. The number of fused-ring (bicyclic) bond motifs is 1. The van der Waals surface area contributed by atoms with Gasteiger partial charge in [-0.3, -0.25) is 4.68 Å². The van der Waals surface area contributed by atoms with Gasteiger partial charge in [-0.05, 0) is 35.9 Å². The molecule has 0 saturated heterocycles. The first-order valence-electron chi connectivity index (χ1n) is 10.6. The van der Waals surface area contributed by atoms with Crippen molar-refractivity contribution >= 4 is 34.1 Å². The fourth-order valence-corrected chi connectivity index (χ4v) is 4.23. The predicted molar refractivity (Wildman–Crippen MR) is 132 cm³/mol. The van der Waals surface area contributed by atoms with Crippen LogP contribution in [0.1, 0.15) is 11.1 Å². The highest BCUT2D eigenvalue weighted by atomic mass is 35.5. The molecule has 0 bridgehead atoms. The molecule has 176 valence electrons. The number of nitrogens with zero attached hydrogens (tertiary/aromatic N) is 2. The Morgan fingerprint density at radius 2 is 1.51 bits per heavy atom. The molecule has 35 heavy (non-hydrogen) atoms. The van der Waals surface area contributed by atoms with Gasteiger partial charge in [-0.25, -0.2) is 0 Å². The zero-order valence-electron chi connectivity index (χ0n) is 18.1. The van der Waals surface area contributed by atoms with Crippen molar-refractivity contribution in [1.82, 2.24) is 9.78 Å². The summed E-state index contributed by atoms with van der Waals surface area (Å²) in [5, 5.41) is 5.58. The average molecular weight is 513 g/mol. The summed E-state index contributed by atoms with van der Waals surface area (Å²) in [6.07, 6.45) is -4.53. The van der Waals surface area contributed by atoms with Crippen LogP contribution in [0.25, 0.3) is 22.2 Å². The fourth-order valence-electron chi connectivity index (χ4n) is 3.94. The fraction of sp³-hybridized carbons (Fsp3) is 0.0741. The Bertz CT molecular complexity index is 1510. The van der Waals surface area contributed by atoms with Gasteiger partial charge in [0, 0.05) is 17.0 Å². The molecule has 1 heterocycles. The maximum Gasteiger partial charge on any atom is 0.418 e. The Hall–Kier alpha value is -3.48. The summed E-state index contributed by atoms with van der Waals surface area (Å²) in [4.78, 5) is 0. The first-order valence-corrected chi connectivity index (χ1v) is 11.4. The van der Waals surface area contributed by atoms with Crippen LogP contribution in [0.5, 0.6) is 11.5 Å². The lowest BCUT2D eigenvalue weighted by atomic mass is 10.0. The molecule has 1 aromatic heterocycles. The van der Waals surface area contributed by atoms with Gasteiger partial charge in [0.15, 0.2) is 0 Å². The molecule has 0 N–H and O–H groups in total. The largest absolute Gasteiger partial charge is 0.457 e. The molecule has 0 aliphatic rings. The van der Waals surface area contributed by atoms with Gasteiger partial charge in [-0.15, -0.1) is 0 Å². The van der Waals surface area contributed by atoms with E-state index in [1.165, 1.54) is 6.07 Å². The number of hydrogen-bond acceptors (Lipinski definition) is 2. The Morgan fingerprint density at radius 3 is 2.26 bits per heavy atom. The smallest absolute Gasteiger partial charge is 0.418 e. The molecule has 8 heteroatoms. The van der Waals surface area contributed by atoms with Crippen molar-refractivity contribution in [1.29, 1.82) is 0 Å². The number of aromatic nitrogens is 2. The summed E-state index contributed by atoms with van der Waals surface area (Å²) in [6, 6.07) is 25.6. The van der Waals surface area contributed by atoms with Crippen LogP contribution in [0.2, 0.25) is 10.0 Å². The van der Waals surface area contributed by atoms with Crippen molar-refractivity contribution in [2.24, 2.45) is 0 Å². The molecule has 0 radical (unpaired) electrons. The highest BCUT2D eigenvalue weighted by molar-refractivity contribution is 6.42. The highest BCUT2D eigenvalue weighted by Crippen LogP contribution is 2.39. The van der Waals surface area contributed by atoms with Crippen LogP contribution in [0.3, 0.4) is 0 Å². The number of ether oxygens (including phenoxy) is 1. The molecule has 5 rings (SSSR count). The van der Waals surface area contributed by atoms with Gasteiger partial charge in [0.1, 0.15) is 17.0 Å². The Balaban J connectivity index is 1.64. The minimum atomic E-state index is -4.53. The van der Waals surface area contributed by atoms with E-state index in [0.717, 1.165) is 11.6 Å². The summed E-state index contributed by atoms with van der Waals surface area (Å²) in [6.45, 7) is 0.306. The normalized spacial score (nSPS) is 11.7. The zero-order valence-corrected chi connectivity index (χ0v) is 19.6. The van der Waals surface area contributed by atoms with E-state index in [4.69, 9.17) is 27.9 Å². The van der Waals surface area contributed by atoms with Gasteiger partial charge in [-0.2, -0.15) is 18.3 Å². The topological polar surface area (TPSA) is 27.1 Å². The molecular weight excluding hydrogens is 496 g/mol. The minimum absolute atomic E-state index is 0.0956. The molecule has 0 amide bonds. The lowest BCUT2D eigenvalue weighted by Gasteiger charge is -2.11. The second-order valence-corrected chi connectivity index (χ2v) is 8.71. The van der Waals surface area contributed by atoms with Crippen molar-refractivity contribution in [3.05, 3.63) is 112 Å². The molecule has 4 aromatic carbocycles. The molecular formula is C27H17Cl2F3N2O. The van der Waals surface area contributed by atoms with Crippen LogP contribution in [-0.4, -0.2) is 9.78 Å². The van der Waals surface area contributed by atoms with E-state index in [1.807, 2.05) is 36.4 Å².